The van der Waals surface area contributed by atoms with Gasteiger partial charge in [-0.3, -0.25) is 0 Å². The van der Waals surface area contributed by atoms with Crippen LogP contribution in [-0.2, 0) is 9.47 Å². The number of hydrogen-bond acceptors (Lipinski definition) is 4. The molecule has 3 rings (SSSR count). The molecule has 3 aliphatic heterocycles. The van der Waals surface area contributed by atoms with E-state index in [0.717, 1.165) is 19.3 Å². The van der Waals surface area contributed by atoms with Gasteiger partial charge >= 0.3 is 0 Å². The van der Waals surface area contributed by atoms with Crippen LogP contribution < -0.4 is 5.73 Å². The van der Waals surface area contributed by atoms with Gasteiger partial charge in [-0.15, -0.1) is 0 Å². The lowest BCUT2D eigenvalue weighted by molar-refractivity contribution is -0.222. The van der Waals surface area contributed by atoms with E-state index in [9.17, 15) is 5.11 Å². The number of hydrogen-bond donors (Lipinski definition) is 2. The smallest absolute Gasteiger partial charge is 0.132 e. The lowest BCUT2D eigenvalue weighted by atomic mass is 9.69. The maximum Gasteiger partial charge on any atom is 0.132 e. The Bertz CT molecular complexity index is 241. The molecule has 3 saturated heterocycles. The fourth-order valence-corrected chi connectivity index (χ4v) is 2.80. The topological polar surface area (TPSA) is 64.7 Å². The van der Waals surface area contributed by atoms with Crippen molar-refractivity contribution in [2.45, 2.75) is 42.6 Å². The minimum atomic E-state index is -0.827. The lowest BCUT2D eigenvalue weighted by Crippen LogP contribution is -2.73. The van der Waals surface area contributed by atoms with Gasteiger partial charge < -0.3 is 20.3 Å². The predicted octanol–water partition coefficient (Wildman–Crippen LogP) is -0.604. The molecule has 3 fully saturated rings. The third kappa shape index (κ3) is 0.845. The number of fused-ring (bicyclic) bond motifs is 2. The van der Waals surface area contributed by atoms with Gasteiger partial charge in [0.1, 0.15) is 5.60 Å². The number of nitrogens with two attached hydrogens (primary N) is 1. The van der Waals surface area contributed by atoms with Crippen molar-refractivity contribution < 1.29 is 14.6 Å². The Labute approximate surface area is 77.0 Å². The Morgan fingerprint density at radius 2 is 2.08 bits per heavy atom. The Kier molecular flexibility index (Phi) is 1.42. The molecular weight excluding hydrogens is 170 g/mol. The third-order valence-electron chi connectivity index (χ3n) is 3.80. The molecule has 3 atom stereocenters. The van der Waals surface area contributed by atoms with Gasteiger partial charge in [0.05, 0.1) is 31.0 Å². The molecule has 2 bridgehead atoms. The summed E-state index contributed by atoms with van der Waals surface area (Å²) in [6.07, 6.45) is 3.20. The number of rotatable bonds is 1. The van der Waals surface area contributed by atoms with Gasteiger partial charge in [0.25, 0.3) is 0 Å². The highest BCUT2D eigenvalue weighted by molar-refractivity contribution is 5.17. The Morgan fingerprint density at radius 3 is 2.46 bits per heavy atom. The summed E-state index contributed by atoms with van der Waals surface area (Å²) in [6, 6.07) is 0. The lowest BCUT2D eigenvalue weighted by Gasteiger charge is -2.50. The van der Waals surface area contributed by atoms with Crippen LogP contribution >= 0.6 is 0 Å². The fraction of sp³-hybridized carbons (Fsp3) is 1.00. The summed E-state index contributed by atoms with van der Waals surface area (Å²) in [6.45, 7) is 0.742. The van der Waals surface area contributed by atoms with E-state index in [4.69, 9.17) is 15.2 Å². The van der Waals surface area contributed by atoms with Crippen molar-refractivity contribution in [3.05, 3.63) is 0 Å². The van der Waals surface area contributed by atoms with E-state index in [1.54, 1.807) is 0 Å². The number of ether oxygens (including phenoxy) is 2. The normalized spacial score (nSPS) is 52.2. The van der Waals surface area contributed by atoms with E-state index in [0.29, 0.717) is 13.2 Å². The predicted molar refractivity (Wildman–Crippen MR) is 45.2 cm³/mol. The van der Waals surface area contributed by atoms with Crippen molar-refractivity contribution in [1.82, 2.24) is 0 Å². The summed E-state index contributed by atoms with van der Waals surface area (Å²) in [5, 5.41) is 10.2. The van der Waals surface area contributed by atoms with Crippen LogP contribution in [0.1, 0.15) is 19.3 Å². The van der Waals surface area contributed by atoms with Crippen molar-refractivity contribution in [3.8, 4) is 0 Å². The van der Waals surface area contributed by atoms with E-state index in [-0.39, 0.29) is 12.2 Å². The first kappa shape index (κ1) is 8.17. The summed E-state index contributed by atoms with van der Waals surface area (Å²) >= 11 is 0. The zero-order valence-corrected chi connectivity index (χ0v) is 7.53. The monoisotopic (exact) mass is 185 g/mol. The molecular formula is C9H15NO3. The van der Waals surface area contributed by atoms with Crippen LogP contribution in [0, 0.1) is 0 Å². The van der Waals surface area contributed by atoms with Crippen molar-refractivity contribution in [3.63, 3.8) is 0 Å². The van der Waals surface area contributed by atoms with Gasteiger partial charge in [0, 0.05) is 0 Å². The third-order valence-corrected chi connectivity index (χ3v) is 3.80. The van der Waals surface area contributed by atoms with E-state index in [1.165, 1.54) is 0 Å². The second kappa shape index (κ2) is 2.25. The summed E-state index contributed by atoms with van der Waals surface area (Å²) < 4.78 is 10.7. The first-order valence-corrected chi connectivity index (χ1v) is 4.89. The average Bonchev–Trinajstić information content (AvgIpc) is 2.59. The largest absolute Gasteiger partial charge is 0.383 e. The first-order valence-electron chi connectivity index (χ1n) is 4.89. The van der Waals surface area contributed by atoms with Crippen molar-refractivity contribution in [2.24, 2.45) is 5.73 Å². The Morgan fingerprint density at radius 1 is 1.31 bits per heavy atom. The molecule has 0 aromatic carbocycles. The molecule has 3 aliphatic rings. The van der Waals surface area contributed by atoms with E-state index < -0.39 is 11.1 Å². The van der Waals surface area contributed by atoms with Gasteiger partial charge in [-0.2, -0.15) is 0 Å². The van der Waals surface area contributed by atoms with Crippen LogP contribution in [0.3, 0.4) is 0 Å². The van der Waals surface area contributed by atoms with Crippen LogP contribution in [-0.4, -0.2) is 41.7 Å². The van der Waals surface area contributed by atoms with E-state index in [1.807, 2.05) is 0 Å². The Balaban J connectivity index is 1.89. The van der Waals surface area contributed by atoms with Crippen LogP contribution in [0.15, 0.2) is 0 Å². The minimum absolute atomic E-state index is 0.0476. The maximum absolute atomic E-state index is 10.2. The van der Waals surface area contributed by atoms with Crippen LogP contribution in [0.4, 0.5) is 0 Å². The molecule has 0 saturated carbocycles. The zero-order valence-electron chi connectivity index (χ0n) is 7.53. The average molecular weight is 185 g/mol. The molecule has 13 heavy (non-hydrogen) atoms. The summed E-state index contributed by atoms with van der Waals surface area (Å²) in [5.41, 5.74) is 4.85. The van der Waals surface area contributed by atoms with Gasteiger partial charge in [-0.1, -0.05) is 0 Å². The van der Waals surface area contributed by atoms with Gasteiger partial charge in [0.2, 0.25) is 0 Å². The molecule has 4 nitrogen and oxygen atoms in total. The molecule has 3 unspecified atom stereocenters. The summed E-state index contributed by atoms with van der Waals surface area (Å²) in [7, 11) is 0. The molecule has 3 N–H and O–H groups in total. The molecule has 3 heterocycles. The highest BCUT2D eigenvalue weighted by atomic mass is 16.5. The second-order valence-corrected chi connectivity index (χ2v) is 4.59. The SMILES string of the molecule is NC1(C2(O)COC2)CC2CCC1O2. The minimum Gasteiger partial charge on any atom is -0.383 e. The van der Waals surface area contributed by atoms with Crippen molar-refractivity contribution >= 4 is 0 Å². The molecule has 4 heteroatoms. The van der Waals surface area contributed by atoms with Gasteiger partial charge in [0.15, 0.2) is 0 Å². The maximum atomic E-state index is 10.2. The summed E-state index contributed by atoms with van der Waals surface area (Å²) in [4.78, 5) is 0. The molecule has 74 valence electrons. The van der Waals surface area contributed by atoms with Crippen LogP contribution in [0.25, 0.3) is 0 Å². The summed E-state index contributed by atoms with van der Waals surface area (Å²) in [5.74, 6) is 0. The van der Waals surface area contributed by atoms with Crippen LogP contribution in [0.2, 0.25) is 0 Å². The molecule has 0 aliphatic carbocycles. The first-order chi connectivity index (χ1) is 6.14. The highest BCUT2D eigenvalue weighted by Gasteiger charge is 2.63. The standard InChI is InChI=1S/C9H15NO3/c10-9(8(11)4-12-5-8)3-6-1-2-7(9)13-6/h6-7,11H,1-5,10H2. The highest BCUT2D eigenvalue weighted by Crippen LogP contribution is 2.47. The molecule has 0 radical (unpaired) electrons. The molecule has 0 aromatic rings. The zero-order chi connectivity index (χ0) is 9.10. The quantitative estimate of drug-likeness (QED) is 0.572. The van der Waals surface area contributed by atoms with Crippen LogP contribution in [0.5, 0.6) is 0 Å². The van der Waals surface area contributed by atoms with Crippen molar-refractivity contribution in [1.29, 1.82) is 0 Å². The molecule has 0 amide bonds. The second-order valence-electron chi connectivity index (χ2n) is 4.59. The van der Waals surface area contributed by atoms with E-state index >= 15 is 0 Å². The van der Waals surface area contributed by atoms with Gasteiger partial charge in [-0.05, 0) is 19.3 Å². The Hall–Kier alpha value is -0.160. The number of aliphatic hydroxyl groups is 1. The molecule has 0 aromatic heterocycles. The van der Waals surface area contributed by atoms with Gasteiger partial charge in [-0.25, -0.2) is 0 Å². The molecule has 0 spiro atoms. The fourth-order valence-electron chi connectivity index (χ4n) is 2.80. The van der Waals surface area contributed by atoms with Crippen molar-refractivity contribution in [2.75, 3.05) is 13.2 Å². The van der Waals surface area contributed by atoms with E-state index in [2.05, 4.69) is 0 Å².